The lowest BCUT2D eigenvalue weighted by Gasteiger charge is -2.20. The van der Waals surface area contributed by atoms with Gasteiger partial charge in [-0.05, 0) is 31.7 Å². The highest BCUT2D eigenvalue weighted by Gasteiger charge is 2.33. The van der Waals surface area contributed by atoms with Gasteiger partial charge in [0.15, 0.2) is 0 Å². The summed E-state index contributed by atoms with van der Waals surface area (Å²) in [6.07, 6.45) is 5.57. The van der Waals surface area contributed by atoms with E-state index in [1.807, 2.05) is 0 Å². The number of ketones is 1. The predicted molar refractivity (Wildman–Crippen MR) is 59.0 cm³/mol. The standard InChI is InChI=1S/C12H23NO/c1-3-5-9(2)12(14)11-7-4-6-10(11)8-13/h9-11H,3-8,13H2,1-2H3. The van der Waals surface area contributed by atoms with Crippen LogP contribution in [0.2, 0.25) is 0 Å². The van der Waals surface area contributed by atoms with Crippen LogP contribution in [0, 0.1) is 17.8 Å². The van der Waals surface area contributed by atoms with Gasteiger partial charge in [0.1, 0.15) is 5.78 Å². The summed E-state index contributed by atoms with van der Waals surface area (Å²) in [5.74, 6) is 1.47. The van der Waals surface area contributed by atoms with Gasteiger partial charge in [-0.25, -0.2) is 0 Å². The predicted octanol–water partition coefficient (Wildman–Crippen LogP) is 2.37. The molecule has 0 aromatic rings. The van der Waals surface area contributed by atoms with Gasteiger partial charge in [0.2, 0.25) is 0 Å². The van der Waals surface area contributed by atoms with Crippen molar-refractivity contribution in [3.8, 4) is 0 Å². The topological polar surface area (TPSA) is 43.1 Å². The summed E-state index contributed by atoms with van der Waals surface area (Å²) >= 11 is 0. The average molecular weight is 197 g/mol. The summed E-state index contributed by atoms with van der Waals surface area (Å²) in [4.78, 5) is 12.0. The number of hydrogen-bond acceptors (Lipinski definition) is 2. The Morgan fingerprint density at radius 3 is 2.79 bits per heavy atom. The first-order chi connectivity index (χ1) is 6.70. The SMILES string of the molecule is CCCC(C)C(=O)C1CCCC1CN. The van der Waals surface area contributed by atoms with Crippen molar-refractivity contribution in [2.24, 2.45) is 23.5 Å². The molecule has 0 spiro atoms. The van der Waals surface area contributed by atoms with Crippen molar-refractivity contribution in [1.82, 2.24) is 0 Å². The Labute approximate surface area is 87.2 Å². The molecule has 2 heteroatoms. The highest BCUT2D eigenvalue weighted by Crippen LogP contribution is 2.33. The molecule has 0 radical (unpaired) electrons. The van der Waals surface area contributed by atoms with Crippen molar-refractivity contribution < 1.29 is 4.79 Å². The molecule has 1 aliphatic carbocycles. The molecule has 14 heavy (non-hydrogen) atoms. The van der Waals surface area contributed by atoms with E-state index in [0.717, 1.165) is 25.7 Å². The molecule has 1 fully saturated rings. The fraction of sp³-hybridized carbons (Fsp3) is 0.917. The van der Waals surface area contributed by atoms with E-state index < -0.39 is 0 Å². The average Bonchev–Trinajstić information content (AvgIpc) is 2.64. The van der Waals surface area contributed by atoms with Crippen LogP contribution in [0.5, 0.6) is 0 Å². The summed E-state index contributed by atoms with van der Waals surface area (Å²) in [6.45, 7) is 4.89. The second kappa shape index (κ2) is 5.50. The minimum Gasteiger partial charge on any atom is -0.330 e. The van der Waals surface area contributed by atoms with Crippen molar-refractivity contribution in [1.29, 1.82) is 0 Å². The van der Waals surface area contributed by atoms with Crippen LogP contribution in [-0.4, -0.2) is 12.3 Å². The molecule has 1 saturated carbocycles. The van der Waals surface area contributed by atoms with E-state index in [9.17, 15) is 4.79 Å². The summed E-state index contributed by atoms with van der Waals surface area (Å²) in [7, 11) is 0. The molecule has 0 aliphatic heterocycles. The van der Waals surface area contributed by atoms with Gasteiger partial charge in [0.05, 0.1) is 0 Å². The van der Waals surface area contributed by atoms with Gasteiger partial charge >= 0.3 is 0 Å². The number of rotatable bonds is 5. The molecule has 82 valence electrons. The molecule has 2 nitrogen and oxygen atoms in total. The number of carbonyl (C=O) groups excluding carboxylic acids is 1. The van der Waals surface area contributed by atoms with Gasteiger partial charge in [0.25, 0.3) is 0 Å². The lowest BCUT2D eigenvalue weighted by atomic mass is 9.84. The lowest BCUT2D eigenvalue weighted by Crippen LogP contribution is -2.28. The second-order valence-corrected chi connectivity index (χ2v) is 4.63. The van der Waals surface area contributed by atoms with Crippen LogP contribution in [0.15, 0.2) is 0 Å². The largest absolute Gasteiger partial charge is 0.330 e. The van der Waals surface area contributed by atoms with Crippen LogP contribution >= 0.6 is 0 Å². The molecule has 3 unspecified atom stereocenters. The maximum Gasteiger partial charge on any atom is 0.139 e. The summed E-state index contributed by atoms with van der Waals surface area (Å²) in [5.41, 5.74) is 5.68. The molecule has 0 heterocycles. The fourth-order valence-electron chi connectivity index (χ4n) is 2.63. The van der Waals surface area contributed by atoms with Crippen molar-refractivity contribution in [2.75, 3.05) is 6.54 Å². The molecular weight excluding hydrogens is 174 g/mol. The highest BCUT2D eigenvalue weighted by atomic mass is 16.1. The molecule has 3 atom stereocenters. The van der Waals surface area contributed by atoms with Crippen LogP contribution in [-0.2, 0) is 4.79 Å². The number of nitrogens with two attached hydrogens (primary N) is 1. The minimum absolute atomic E-state index is 0.247. The first kappa shape index (κ1) is 11.7. The Morgan fingerprint density at radius 1 is 1.50 bits per heavy atom. The molecule has 2 N–H and O–H groups in total. The smallest absolute Gasteiger partial charge is 0.139 e. The molecular formula is C12H23NO. The summed E-state index contributed by atoms with van der Waals surface area (Å²) in [6, 6.07) is 0. The number of hydrogen-bond donors (Lipinski definition) is 1. The summed E-state index contributed by atoms with van der Waals surface area (Å²) in [5, 5.41) is 0. The maximum atomic E-state index is 12.0. The zero-order chi connectivity index (χ0) is 10.6. The third-order valence-electron chi connectivity index (χ3n) is 3.53. The van der Waals surface area contributed by atoms with Crippen LogP contribution in [0.1, 0.15) is 46.0 Å². The van der Waals surface area contributed by atoms with Crippen molar-refractivity contribution in [2.45, 2.75) is 46.0 Å². The van der Waals surface area contributed by atoms with E-state index in [4.69, 9.17) is 5.73 Å². The first-order valence-corrected chi connectivity index (χ1v) is 5.94. The summed E-state index contributed by atoms with van der Waals surface area (Å²) < 4.78 is 0. The van der Waals surface area contributed by atoms with E-state index in [1.165, 1.54) is 6.42 Å². The number of carbonyl (C=O) groups is 1. The Balaban J connectivity index is 2.50. The molecule has 1 rings (SSSR count). The fourth-order valence-corrected chi connectivity index (χ4v) is 2.63. The Bertz CT molecular complexity index is 191. The van der Waals surface area contributed by atoms with Gasteiger partial charge < -0.3 is 5.73 Å². The Hall–Kier alpha value is -0.370. The van der Waals surface area contributed by atoms with Crippen molar-refractivity contribution >= 4 is 5.78 Å². The molecule has 0 aromatic carbocycles. The molecule has 0 amide bonds. The third-order valence-corrected chi connectivity index (χ3v) is 3.53. The van der Waals surface area contributed by atoms with E-state index in [2.05, 4.69) is 13.8 Å². The number of Topliss-reactive ketones (excluding diaryl/α,β-unsaturated/α-hetero) is 1. The minimum atomic E-state index is 0.247. The van der Waals surface area contributed by atoms with Gasteiger partial charge in [-0.3, -0.25) is 4.79 Å². The van der Waals surface area contributed by atoms with E-state index >= 15 is 0 Å². The first-order valence-electron chi connectivity index (χ1n) is 5.94. The van der Waals surface area contributed by atoms with Gasteiger partial charge in [0, 0.05) is 11.8 Å². The zero-order valence-corrected chi connectivity index (χ0v) is 9.46. The molecule has 1 aliphatic rings. The van der Waals surface area contributed by atoms with Gasteiger partial charge in [-0.15, -0.1) is 0 Å². The van der Waals surface area contributed by atoms with Crippen molar-refractivity contribution in [3.63, 3.8) is 0 Å². The van der Waals surface area contributed by atoms with Crippen LogP contribution in [0.25, 0.3) is 0 Å². The van der Waals surface area contributed by atoms with Crippen LogP contribution in [0.4, 0.5) is 0 Å². The lowest BCUT2D eigenvalue weighted by molar-refractivity contribution is -0.127. The maximum absolute atomic E-state index is 12.0. The monoisotopic (exact) mass is 197 g/mol. The van der Waals surface area contributed by atoms with Crippen molar-refractivity contribution in [3.05, 3.63) is 0 Å². The zero-order valence-electron chi connectivity index (χ0n) is 9.46. The quantitative estimate of drug-likeness (QED) is 0.735. The molecule has 0 aromatic heterocycles. The highest BCUT2D eigenvalue weighted by molar-refractivity contribution is 5.83. The molecule has 0 saturated heterocycles. The Morgan fingerprint density at radius 2 is 2.21 bits per heavy atom. The second-order valence-electron chi connectivity index (χ2n) is 4.63. The normalized spacial score (nSPS) is 29.1. The van der Waals surface area contributed by atoms with E-state index in [1.54, 1.807) is 0 Å². The van der Waals surface area contributed by atoms with E-state index in [0.29, 0.717) is 18.2 Å². The third kappa shape index (κ3) is 2.57. The van der Waals surface area contributed by atoms with E-state index in [-0.39, 0.29) is 11.8 Å². The van der Waals surface area contributed by atoms with Crippen LogP contribution < -0.4 is 5.73 Å². The Kier molecular flexibility index (Phi) is 4.59. The van der Waals surface area contributed by atoms with Gasteiger partial charge in [-0.2, -0.15) is 0 Å². The van der Waals surface area contributed by atoms with Crippen LogP contribution in [0.3, 0.4) is 0 Å². The molecule has 0 bridgehead atoms. The van der Waals surface area contributed by atoms with Gasteiger partial charge in [-0.1, -0.05) is 26.7 Å².